The van der Waals surface area contributed by atoms with E-state index in [1.54, 1.807) is 17.2 Å². The molecule has 36 heavy (non-hydrogen) atoms. The molecular formula is C29H35N3O3S. The maximum atomic E-state index is 13.6. The Kier molecular flexibility index (Phi) is 8.09. The number of imidazole rings is 1. The molecule has 0 radical (unpaired) electrons. The van der Waals surface area contributed by atoms with E-state index in [9.17, 15) is 13.2 Å². The van der Waals surface area contributed by atoms with Gasteiger partial charge >= 0.3 is 0 Å². The zero-order valence-electron chi connectivity index (χ0n) is 21.2. The molecule has 2 aromatic carbocycles. The van der Waals surface area contributed by atoms with E-state index in [0.29, 0.717) is 12.1 Å². The quantitative estimate of drug-likeness (QED) is 0.344. The van der Waals surface area contributed by atoms with E-state index in [-0.39, 0.29) is 29.4 Å². The van der Waals surface area contributed by atoms with Gasteiger partial charge in [0, 0.05) is 18.2 Å². The average molecular weight is 506 g/mol. The summed E-state index contributed by atoms with van der Waals surface area (Å²) in [4.78, 5) is 19.5. The minimum Gasteiger partial charge on any atom is -0.329 e. The fourth-order valence-corrected chi connectivity index (χ4v) is 6.52. The zero-order chi connectivity index (χ0) is 25.7. The molecule has 3 aromatic rings. The first-order valence-electron chi connectivity index (χ1n) is 12.6. The van der Waals surface area contributed by atoms with Gasteiger partial charge in [0.2, 0.25) is 15.0 Å². The number of hydrogen-bond donors (Lipinski definition) is 0. The lowest BCUT2D eigenvalue weighted by molar-refractivity contribution is 0.0757. The van der Waals surface area contributed by atoms with Crippen molar-refractivity contribution in [1.29, 1.82) is 0 Å². The number of aromatic nitrogens is 2. The van der Waals surface area contributed by atoms with Crippen molar-refractivity contribution in [2.45, 2.75) is 69.4 Å². The third-order valence-corrected chi connectivity index (χ3v) is 8.36. The van der Waals surface area contributed by atoms with Gasteiger partial charge < -0.3 is 9.47 Å². The molecule has 4 rings (SSSR count). The first-order valence-corrected chi connectivity index (χ1v) is 14.2. The van der Waals surface area contributed by atoms with E-state index >= 15 is 0 Å². The smallest absolute Gasteiger partial charge is 0.254 e. The molecule has 1 aliphatic carbocycles. The third kappa shape index (κ3) is 5.95. The van der Waals surface area contributed by atoms with Gasteiger partial charge in [-0.3, -0.25) is 4.79 Å². The summed E-state index contributed by atoms with van der Waals surface area (Å²) in [5.74, 6) is -0.216. The Labute approximate surface area is 214 Å². The molecule has 0 saturated heterocycles. The first-order chi connectivity index (χ1) is 17.3. The molecule has 1 aliphatic rings. The Morgan fingerprint density at radius 1 is 1.08 bits per heavy atom. The van der Waals surface area contributed by atoms with E-state index in [1.807, 2.05) is 66.9 Å². The van der Waals surface area contributed by atoms with Crippen molar-refractivity contribution in [2.75, 3.05) is 6.54 Å². The van der Waals surface area contributed by atoms with Crippen molar-refractivity contribution in [2.24, 2.45) is 0 Å². The molecule has 0 atom stereocenters. The van der Waals surface area contributed by atoms with Crippen LogP contribution in [0.25, 0.3) is 0 Å². The number of rotatable bonds is 9. The van der Waals surface area contributed by atoms with Gasteiger partial charge in [-0.1, -0.05) is 72.9 Å². The largest absolute Gasteiger partial charge is 0.329 e. The predicted octanol–water partition coefficient (Wildman–Crippen LogP) is 5.81. The molecule has 0 spiro atoms. The van der Waals surface area contributed by atoms with E-state index in [2.05, 4.69) is 11.6 Å². The van der Waals surface area contributed by atoms with Crippen LogP contribution in [0.5, 0.6) is 0 Å². The number of benzene rings is 2. The lowest BCUT2D eigenvalue weighted by Crippen LogP contribution is -2.32. The van der Waals surface area contributed by atoms with Crippen LogP contribution in [0, 0.1) is 13.8 Å². The van der Waals surface area contributed by atoms with Crippen LogP contribution in [0.1, 0.15) is 70.9 Å². The average Bonchev–Trinajstić information content (AvgIpc) is 3.29. The molecule has 0 bridgehead atoms. The Bertz CT molecular complexity index is 1320. The molecule has 1 heterocycles. The van der Waals surface area contributed by atoms with Crippen LogP contribution in [0.2, 0.25) is 0 Å². The van der Waals surface area contributed by atoms with E-state index < -0.39 is 9.84 Å². The summed E-state index contributed by atoms with van der Waals surface area (Å²) >= 11 is 0. The SMILES string of the molecule is C=CCN(Cc1cnc(S(=O)(=O)Cc2cccc(C)c2)n1C1CCCCC1)C(=O)c1ccc(C)cc1. The fourth-order valence-electron chi connectivity index (χ4n) is 4.99. The molecule has 0 N–H and O–H groups in total. The van der Waals surface area contributed by atoms with Crippen LogP contribution in [0.3, 0.4) is 0 Å². The molecule has 1 fully saturated rings. The second-order valence-corrected chi connectivity index (χ2v) is 11.7. The Balaban J connectivity index is 1.69. The maximum absolute atomic E-state index is 13.6. The van der Waals surface area contributed by atoms with Crippen LogP contribution >= 0.6 is 0 Å². The van der Waals surface area contributed by atoms with Crippen molar-refractivity contribution >= 4 is 15.7 Å². The molecule has 0 aliphatic heterocycles. The Hall–Kier alpha value is -3.19. The highest BCUT2D eigenvalue weighted by molar-refractivity contribution is 7.90. The highest BCUT2D eigenvalue weighted by atomic mass is 32.2. The molecule has 7 heteroatoms. The molecule has 6 nitrogen and oxygen atoms in total. The highest BCUT2D eigenvalue weighted by Gasteiger charge is 2.30. The van der Waals surface area contributed by atoms with E-state index in [0.717, 1.165) is 54.5 Å². The summed E-state index contributed by atoms with van der Waals surface area (Å²) in [5.41, 5.74) is 4.19. The fraction of sp³-hybridized carbons (Fsp3) is 0.379. The zero-order valence-corrected chi connectivity index (χ0v) is 22.0. The second kappa shape index (κ2) is 11.2. The predicted molar refractivity (Wildman–Crippen MR) is 143 cm³/mol. The Morgan fingerprint density at radius 3 is 2.47 bits per heavy atom. The summed E-state index contributed by atoms with van der Waals surface area (Å²) in [7, 11) is -3.69. The highest BCUT2D eigenvalue weighted by Crippen LogP contribution is 2.33. The standard InChI is InChI=1S/C29H35N3O3S/c1-4-17-31(28(33)25-15-13-22(2)14-16-25)20-27-19-30-29(32(27)26-11-6-5-7-12-26)36(34,35)21-24-10-8-9-23(3)18-24/h4,8-10,13-16,18-19,26H,1,5-7,11-12,17,20-21H2,2-3H3. The van der Waals surface area contributed by atoms with Gasteiger partial charge in [0.25, 0.3) is 5.91 Å². The second-order valence-electron chi connectivity index (χ2n) is 9.78. The van der Waals surface area contributed by atoms with Gasteiger partial charge in [0.15, 0.2) is 0 Å². The Morgan fingerprint density at radius 2 is 1.81 bits per heavy atom. The minimum absolute atomic E-state index is 0.0543. The summed E-state index contributed by atoms with van der Waals surface area (Å²) in [6, 6.07) is 15.1. The topological polar surface area (TPSA) is 72.3 Å². The molecule has 1 aromatic heterocycles. The van der Waals surface area contributed by atoms with Crippen molar-refractivity contribution in [3.63, 3.8) is 0 Å². The van der Waals surface area contributed by atoms with Crippen LogP contribution < -0.4 is 0 Å². The van der Waals surface area contributed by atoms with E-state index in [4.69, 9.17) is 0 Å². The van der Waals surface area contributed by atoms with Crippen LogP contribution in [-0.2, 0) is 22.1 Å². The third-order valence-electron chi connectivity index (χ3n) is 6.78. The summed E-state index contributed by atoms with van der Waals surface area (Å²) in [6.45, 7) is 8.39. The molecule has 1 saturated carbocycles. The summed E-state index contributed by atoms with van der Waals surface area (Å²) in [5, 5.41) is 0.104. The van der Waals surface area contributed by atoms with Gasteiger partial charge in [-0.05, 0) is 44.4 Å². The van der Waals surface area contributed by atoms with Gasteiger partial charge in [-0.25, -0.2) is 13.4 Å². The number of amides is 1. The lowest BCUT2D eigenvalue weighted by atomic mass is 9.95. The van der Waals surface area contributed by atoms with Gasteiger partial charge in [-0.15, -0.1) is 6.58 Å². The summed E-state index contributed by atoms with van der Waals surface area (Å²) < 4.78 is 29.1. The number of aryl methyl sites for hydroxylation is 2. The minimum atomic E-state index is -3.69. The van der Waals surface area contributed by atoms with Crippen LogP contribution in [-0.4, -0.2) is 35.3 Å². The lowest BCUT2D eigenvalue weighted by Gasteiger charge is -2.28. The van der Waals surface area contributed by atoms with Gasteiger partial charge in [0.1, 0.15) is 0 Å². The van der Waals surface area contributed by atoms with Crippen molar-refractivity contribution < 1.29 is 13.2 Å². The van der Waals surface area contributed by atoms with Crippen molar-refractivity contribution in [1.82, 2.24) is 14.5 Å². The van der Waals surface area contributed by atoms with Crippen LogP contribution in [0.15, 0.2) is 72.5 Å². The van der Waals surface area contributed by atoms with Crippen LogP contribution in [0.4, 0.5) is 0 Å². The number of sulfone groups is 1. The number of nitrogens with zero attached hydrogens (tertiary/aromatic N) is 3. The monoisotopic (exact) mass is 505 g/mol. The molecular weight excluding hydrogens is 470 g/mol. The number of carbonyl (C=O) groups excluding carboxylic acids is 1. The van der Waals surface area contributed by atoms with Crippen molar-refractivity contribution in [3.05, 3.63) is 95.3 Å². The van der Waals surface area contributed by atoms with E-state index in [1.165, 1.54) is 0 Å². The molecule has 1 amide bonds. The summed E-state index contributed by atoms with van der Waals surface area (Å²) in [6.07, 6.45) is 8.41. The molecule has 0 unspecified atom stereocenters. The molecule has 190 valence electrons. The van der Waals surface area contributed by atoms with Gasteiger partial charge in [-0.2, -0.15) is 0 Å². The normalized spacial score (nSPS) is 14.5. The van der Waals surface area contributed by atoms with Crippen molar-refractivity contribution in [3.8, 4) is 0 Å². The number of carbonyl (C=O) groups is 1. The maximum Gasteiger partial charge on any atom is 0.254 e. The number of hydrogen-bond acceptors (Lipinski definition) is 4. The first kappa shape index (κ1) is 25.9. The van der Waals surface area contributed by atoms with Gasteiger partial charge in [0.05, 0.1) is 24.2 Å².